The van der Waals surface area contributed by atoms with Crippen molar-refractivity contribution in [2.24, 2.45) is 5.92 Å². The second-order valence-corrected chi connectivity index (χ2v) is 8.50. The first-order valence-corrected chi connectivity index (χ1v) is 10.9. The van der Waals surface area contributed by atoms with Crippen LogP contribution in [0.4, 0.5) is 4.39 Å². The van der Waals surface area contributed by atoms with Gasteiger partial charge in [0.15, 0.2) is 5.69 Å². The van der Waals surface area contributed by atoms with E-state index in [-0.39, 0.29) is 16.9 Å². The maximum Gasteiger partial charge on any atom is 0.274 e. The summed E-state index contributed by atoms with van der Waals surface area (Å²) in [4.78, 5) is 17.4. The average molecular weight is 435 g/mol. The summed E-state index contributed by atoms with van der Waals surface area (Å²) in [6.45, 7) is 9.80. The van der Waals surface area contributed by atoms with Gasteiger partial charge < -0.3 is 9.64 Å². The topological polar surface area (TPSA) is 61.5 Å². The fourth-order valence-electron chi connectivity index (χ4n) is 4.57. The minimum Gasteiger partial charge on any atom is -0.378 e. The van der Waals surface area contributed by atoms with Gasteiger partial charge in [0, 0.05) is 31.7 Å². The lowest BCUT2D eigenvalue weighted by molar-refractivity contribution is -0.0698. The molecule has 1 amide bonds. The zero-order chi connectivity index (χ0) is 21.3. The molecule has 0 aromatic carbocycles. The van der Waals surface area contributed by atoms with Crippen molar-refractivity contribution in [1.82, 2.24) is 20.0 Å². The largest absolute Gasteiger partial charge is 0.378 e. The molecule has 0 unspecified atom stereocenters. The monoisotopic (exact) mass is 434 g/mol. The molecular formula is C22H28ClFN4O2. The highest BCUT2D eigenvalue weighted by molar-refractivity contribution is 6.32. The third-order valence-electron chi connectivity index (χ3n) is 6.48. The molecule has 1 aromatic rings. The lowest BCUT2D eigenvalue weighted by atomic mass is 9.88. The van der Waals surface area contributed by atoms with Crippen LogP contribution in [0.15, 0.2) is 35.2 Å². The number of ether oxygens (including phenoxy) is 1. The van der Waals surface area contributed by atoms with Gasteiger partial charge in [-0.25, -0.2) is 4.39 Å². The number of likely N-dealkylation sites (tertiary alicyclic amines) is 1. The van der Waals surface area contributed by atoms with E-state index in [4.69, 9.17) is 16.3 Å². The van der Waals surface area contributed by atoms with Gasteiger partial charge in [0.05, 0.1) is 30.0 Å². The van der Waals surface area contributed by atoms with E-state index < -0.39 is 5.83 Å². The van der Waals surface area contributed by atoms with Crippen LogP contribution in [0.2, 0.25) is 0 Å². The number of carbonyl (C=O) groups is 1. The van der Waals surface area contributed by atoms with Crippen LogP contribution in [0.1, 0.15) is 41.5 Å². The average Bonchev–Trinajstić information content (AvgIpc) is 3.15. The predicted octanol–water partition coefficient (Wildman–Crippen LogP) is 3.57. The van der Waals surface area contributed by atoms with Crippen molar-refractivity contribution in [2.45, 2.75) is 38.8 Å². The normalized spacial score (nSPS) is 22.4. The molecule has 3 aliphatic rings. The molecule has 6 nitrogen and oxygen atoms in total. The van der Waals surface area contributed by atoms with Crippen LogP contribution in [0, 0.1) is 5.92 Å². The van der Waals surface area contributed by atoms with Crippen molar-refractivity contribution in [3.63, 3.8) is 0 Å². The van der Waals surface area contributed by atoms with E-state index in [0.29, 0.717) is 24.8 Å². The second kappa shape index (κ2) is 9.04. The number of halogens is 2. The van der Waals surface area contributed by atoms with Crippen LogP contribution in [0.25, 0.3) is 0 Å². The van der Waals surface area contributed by atoms with Crippen LogP contribution in [-0.2, 0) is 17.7 Å². The number of fused-ring (bicyclic) bond motifs is 1. The summed E-state index contributed by atoms with van der Waals surface area (Å²) >= 11 is 6.20. The third-order valence-corrected chi connectivity index (χ3v) is 6.88. The molecule has 0 radical (unpaired) electrons. The van der Waals surface area contributed by atoms with Crippen LogP contribution >= 0.6 is 11.6 Å². The lowest BCUT2D eigenvalue weighted by Gasteiger charge is -2.39. The standard InChI is InChI=1S/C22H28ClFN4O2/c1-3-16(20(23)18(24)4-2)14-5-8-27(9-6-14)22(29)21-17-7-10-28(15-12-30-13-15)11-19(17)25-26-21/h3-4,14-15H,2,5-13H2,1H3,(H,25,26)/b16-3-,20-18-. The Kier molecular flexibility index (Phi) is 6.41. The molecule has 0 aliphatic carbocycles. The molecule has 0 saturated carbocycles. The second-order valence-electron chi connectivity index (χ2n) is 8.12. The Morgan fingerprint density at radius 2 is 2.07 bits per heavy atom. The molecule has 2 fully saturated rings. The van der Waals surface area contributed by atoms with Gasteiger partial charge in [-0.05, 0) is 43.8 Å². The zero-order valence-corrected chi connectivity index (χ0v) is 18.1. The molecule has 1 N–H and O–H groups in total. The number of carbonyl (C=O) groups excluding carboxylic acids is 1. The van der Waals surface area contributed by atoms with Crippen LogP contribution in [0.5, 0.6) is 0 Å². The van der Waals surface area contributed by atoms with Gasteiger partial charge in [0.25, 0.3) is 5.91 Å². The van der Waals surface area contributed by atoms with Gasteiger partial charge in [0.2, 0.25) is 0 Å². The number of allylic oxidation sites excluding steroid dienone is 5. The Hall–Kier alpha value is -1.96. The maximum atomic E-state index is 13.9. The Labute approximate surface area is 181 Å². The van der Waals surface area contributed by atoms with Gasteiger partial charge in [-0.2, -0.15) is 5.10 Å². The van der Waals surface area contributed by atoms with Crippen LogP contribution < -0.4 is 0 Å². The molecule has 0 spiro atoms. The molecule has 1 aromatic heterocycles. The Morgan fingerprint density at radius 1 is 1.33 bits per heavy atom. The molecule has 0 bridgehead atoms. The summed E-state index contributed by atoms with van der Waals surface area (Å²) in [6.07, 6.45) is 5.30. The number of nitrogens with zero attached hydrogens (tertiary/aromatic N) is 3. The summed E-state index contributed by atoms with van der Waals surface area (Å²) in [5, 5.41) is 7.58. The quantitative estimate of drug-likeness (QED) is 0.720. The predicted molar refractivity (Wildman–Crippen MR) is 114 cm³/mol. The number of hydrogen-bond acceptors (Lipinski definition) is 4. The smallest absolute Gasteiger partial charge is 0.274 e. The fourth-order valence-corrected chi connectivity index (χ4v) is 4.91. The number of nitrogens with one attached hydrogen (secondary N) is 1. The van der Waals surface area contributed by atoms with E-state index in [1.165, 1.54) is 0 Å². The van der Waals surface area contributed by atoms with Gasteiger partial charge >= 0.3 is 0 Å². The number of amides is 1. The summed E-state index contributed by atoms with van der Waals surface area (Å²) in [6, 6.07) is 0.479. The number of aromatic amines is 1. The van der Waals surface area contributed by atoms with Crippen molar-refractivity contribution >= 4 is 17.5 Å². The molecule has 3 aliphatic heterocycles. The highest BCUT2D eigenvalue weighted by Gasteiger charge is 2.34. The number of rotatable bonds is 5. The molecule has 8 heteroatoms. The summed E-state index contributed by atoms with van der Waals surface area (Å²) in [7, 11) is 0. The van der Waals surface area contributed by atoms with Crippen LogP contribution in [-0.4, -0.2) is 64.8 Å². The Bertz CT molecular complexity index is 882. The van der Waals surface area contributed by atoms with E-state index in [2.05, 4.69) is 21.7 Å². The third kappa shape index (κ3) is 3.98. The van der Waals surface area contributed by atoms with Crippen LogP contribution in [0.3, 0.4) is 0 Å². The number of hydrogen-bond donors (Lipinski definition) is 1. The maximum absolute atomic E-state index is 13.9. The van der Waals surface area contributed by atoms with Gasteiger partial charge in [-0.1, -0.05) is 24.3 Å². The van der Waals surface area contributed by atoms with Gasteiger partial charge in [-0.3, -0.25) is 14.8 Å². The molecule has 30 heavy (non-hydrogen) atoms. The van der Waals surface area contributed by atoms with E-state index >= 15 is 0 Å². The van der Waals surface area contributed by atoms with Crippen molar-refractivity contribution in [3.8, 4) is 0 Å². The van der Waals surface area contributed by atoms with E-state index in [9.17, 15) is 9.18 Å². The first-order valence-electron chi connectivity index (χ1n) is 10.5. The lowest BCUT2D eigenvalue weighted by Crippen LogP contribution is -2.50. The van der Waals surface area contributed by atoms with Crippen molar-refractivity contribution in [2.75, 3.05) is 32.8 Å². The zero-order valence-electron chi connectivity index (χ0n) is 17.3. The molecule has 4 rings (SSSR count). The van der Waals surface area contributed by atoms with Gasteiger partial charge in [0.1, 0.15) is 5.83 Å². The minimum absolute atomic E-state index is 0.0210. The van der Waals surface area contributed by atoms with E-state index in [1.54, 1.807) is 0 Å². The van der Waals surface area contributed by atoms with Gasteiger partial charge in [-0.15, -0.1) is 0 Å². The van der Waals surface area contributed by atoms with Crippen molar-refractivity contribution < 1.29 is 13.9 Å². The Balaban J connectivity index is 1.40. The molecular weight excluding hydrogens is 407 g/mol. The fraction of sp³-hybridized carbons (Fsp3) is 0.545. The summed E-state index contributed by atoms with van der Waals surface area (Å²) in [5.41, 5.74) is 3.43. The number of H-pyrrole nitrogens is 1. The first-order chi connectivity index (χ1) is 14.5. The number of aromatic nitrogens is 2. The highest BCUT2D eigenvalue weighted by atomic mass is 35.5. The SMILES string of the molecule is C=C/C(F)=C(Cl)\C(=C/C)C1CCN(C(=O)c2n[nH]c3c2CCN(C2COC2)C3)CC1. The highest BCUT2D eigenvalue weighted by Crippen LogP contribution is 2.34. The Morgan fingerprint density at radius 3 is 2.67 bits per heavy atom. The molecule has 0 atom stereocenters. The van der Waals surface area contributed by atoms with E-state index in [1.807, 2.05) is 17.9 Å². The molecule has 2 saturated heterocycles. The van der Waals surface area contributed by atoms with E-state index in [0.717, 1.165) is 68.5 Å². The minimum atomic E-state index is -0.506. The van der Waals surface area contributed by atoms with Crippen molar-refractivity contribution in [1.29, 1.82) is 0 Å². The number of piperidine rings is 1. The van der Waals surface area contributed by atoms with Crippen molar-refractivity contribution in [3.05, 3.63) is 52.1 Å². The summed E-state index contributed by atoms with van der Waals surface area (Å²) < 4.78 is 19.2. The molecule has 4 heterocycles. The first kappa shape index (κ1) is 21.3. The summed E-state index contributed by atoms with van der Waals surface area (Å²) in [5.74, 6) is -0.398. The molecule has 162 valence electrons.